The second kappa shape index (κ2) is 5.79. The summed E-state index contributed by atoms with van der Waals surface area (Å²) in [5.41, 5.74) is 6.56. The molecule has 0 atom stereocenters. The van der Waals surface area contributed by atoms with Crippen molar-refractivity contribution in [2.24, 2.45) is 0 Å². The van der Waals surface area contributed by atoms with E-state index in [1.165, 1.54) is 11.3 Å². The molecule has 2 N–H and O–H groups in total. The molecule has 0 unspecified atom stereocenters. The monoisotopic (exact) mass is 282 g/mol. The maximum Gasteiger partial charge on any atom is 0.265 e. The zero-order valence-corrected chi connectivity index (χ0v) is 12.7. The number of nitrogen functional groups attached to an aromatic ring is 1. The lowest BCUT2D eigenvalue weighted by molar-refractivity contribution is 0.0833. The first kappa shape index (κ1) is 14.1. The number of hydrogen-bond donors (Lipinski definition) is 1. The number of nitrogens with zero attached hydrogens (tertiary/aromatic N) is 3. The van der Waals surface area contributed by atoms with Crippen LogP contribution in [-0.4, -0.2) is 62.5 Å². The summed E-state index contributed by atoms with van der Waals surface area (Å²) in [6, 6.07) is 1.93. The second-order valence-electron chi connectivity index (χ2n) is 4.99. The molecule has 1 aliphatic rings. The van der Waals surface area contributed by atoms with Crippen LogP contribution in [0.1, 0.15) is 16.6 Å². The predicted molar refractivity (Wildman–Crippen MR) is 81.1 cm³/mol. The SMILES string of the molecule is CCN1CCN(c2cc(N)c(C(=O)N(C)C)s2)CC1. The van der Waals surface area contributed by atoms with Crippen molar-refractivity contribution in [2.45, 2.75) is 6.92 Å². The van der Waals surface area contributed by atoms with Crippen LogP contribution in [0.15, 0.2) is 6.07 Å². The van der Waals surface area contributed by atoms with E-state index in [-0.39, 0.29) is 5.91 Å². The lowest BCUT2D eigenvalue weighted by atomic mass is 10.3. The highest BCUT2D eigenvalue weighted by molar-refractivity contribution is 7.18. The van der Waals surface area contributed by atoms with E-state index in [1.807, 2.05) is 6.07 Å². The molecule has 1 aliphatic heterocycles. The molecule has 5 nitrogen and oxygen atoms in total. The van der Waals surface area contributed by atoms with Gasteiger partial charge in [0.15, 0.2) is 0 Å². The Balaban J connectivity index is 2.10. The summed E-state index contributed by atoms with van der Waals surface area (Å²) in [4.78, 5) is 19.0. The number of carbonyl (C=O) groups excluding carboxylic acids is 1. The normalized spacial score (nSPS) is 16.7. The minimum Gasteiger partial charge on any atom is -0.397 e. The zero-order valence-electron chi connectivity index (χ0n) is 11.8. The molecule has 106 valence electrons. The van der Waals surface area contributed by atoms with Gasteiger partial charge in [-0.25, -0.2) is 0 Å². The highest BCUT2D eigenvalue weighted by Crippen LogP contribution is 2.33. The molecule has 0 spiro atoms. The van der Waals surface area contributed by atoms with Crippen molar-refractivity contribution in [3.8, 4) is 0 Å². The van der Waals surface area contributed by atoms with Gasteiger partial charge in [-0.2, -0.15) is 0 Å². The molecule has 19 heavy (non-hydrogen) atoms. The molecule has 1 saturated heterocycles. The molecule has 2 heterocycles. The molecule has 1 amide bonds. The van der Waals surface area contributed by atoms with Crippen LogP contribution >= 0.6 is 11.3 Å². The summed E-state index contributed by atoms with van der Waals surface area (Å²) in [5.74, 6) is -0.0130. The quantitative estimate of drug-likeness (QED) is 0.904. The zero-order chi connectivity index (χ0) is 14.0. The molecule has 1 fully saturated rings. The van der Waals surface area contributed by atoms with Crippen LogP contribution in [0.4, 0.5) is 10.7 Å². The fourth-order valence-electron chi connectivity index (χ4n) is 2.20. The van der Waals surface area contributed by atoms with Gasteiger partial charge in [-0.1, -0.05) is 6.92 Å². The predicted octanol–water partition coefficient (Wildman–Crippen LogP) is 1.17. The highest BCUT2D eigenvalue weighted by atomic mass is 32.1. The van der Waals surface area contributed by atoms with Gasteiger partial charge in [-0.15, -0.1) is 11.3 Å². The number of anilines is 2. The number of nitrogens with two attached hydrogens (primary N) is 1. The van der Waals surface area contributed by atoms with Gasteiger partial charge >= 0.3 is 0 Å². The Hall–Kier alpha value is -1.27. The highest BCUT2D eigenvalue weighted by Gasteiger charge is 2.21. The van der Waals surface area contributed by atoms with Gasteiger partial charge in [0, 0.05) is 40.3 Å². The first-order chi connectivity index (χ1) is 9.02. The van der Waals surface area contributed by atoms with Crippen molar-refractivity contribution in [3.05, 3.63) is 10.9 Å². The molecule has 2 rings (SSSR count). The van der Waals surface area contributed by atoms with E-state index >= 15 is 0 Å². The van der Waals surface area contributed by atoms with Gasteiger partial charge in [0.05, 0.1) is 10.7 Å². The van der Waals surface area contributed by atoms with Crippen molar-refractivity contribution in [1.29, 1.82) is 0 Å². The Morgan fingerprint density at radius 1 is 1.37 bits per heavy atom. The van der Waals surface area contributed by atoms with E-state index in [2.05, 4.69) is 16.7 Å². The lowest BCUT2D eigenvalue weighted by Crippen LogP contribution is -2.45. The summed E-state index contributed by atoms with van der Waals surface area (Å²) in [7, 11) is 3.50. The van der Waals surface area contributed by atoms with Gasteiger partial charge in [0.2, 0.25) is 0 Å². The van der Waals surface area contributed by atoms with E-state index in [9.17, 15) is 4.79 Å². The molecule has 6 heteroatoms. The van der Waals surface area contributed by atoms with Crippen molar-refractivity contribution in [2.75, 3.05) is 57.5 Å². The lowest BCUT2D eigenvalue weighted by Gasteiger charge is -2.34. The Kier molecular flexibility index (Phi) is 4.31. The van der Waals surface area contributed by atoms with Crippen molar-refractivity contribution in [3.63, 3.8) is 0 Å². The smallest absolute Gasteiger partial charge is 0.265 e. The van der Waals surface area contributed by atoms with Crippen LogP contribution < -0.4 is 10.6 Å². The van der Waals surface area contributed by atoms with Crippen molar-refractivity contribution >= 4 is 27.9 Å². The standard InChI is InChI=1S/C13H22N4OS/c1-4-16-5-7-17(8-6-16)11-9-10(14)12(19-11)13(18)15(2)3/h9H,4-8,14H2,1-3H3. The van der Waals surface area contributed by atoms with Crippen LogP contribution in [0.25, 0.3) is 0 Å². The molecule has 0 aliphatic carbocycles. The van der Waals surface area contributed by atoms with Crippen LogP contribution in [0.3, 0.4) is 0 Å². The first-order valence-electron chi connectivity index (χ1n) is 6.61. The Morgan fingerprint density at radius 3 is 2.53 bits per heavy atom. The second-order valence-corrected chi connectivity index (χ2v) is 6.02. The maximum atomic E-state index is 12.0. The number of amides is 1. The molecule has 0 bridgehead atoms. The minimum atomic E-state index is -0.0130. The summed E-state index contributed by atoms with van der Waals surface area (Å²) >= 11 is 1.50. The molecule has 0 aromatic carbocycles. The number of hydrogen-bond acceptors (Lipinski definition) is 5. The Morgan fingerprint density at radius 2 is 2.00 bits per heavy atom. The third-order valence-corrected chi connectivity index (χ3v) is 4.68. The number of piperazine rings is 1. The fourth-order valence-corrected chi connectivity index (χ4v) is 3.36. The first-order valence-corrected chi connectivity index (χ1v) is 7.42. The van der Waals surface area contributed by atoms with Gasteiger partial charge in [-0.3, -0.25) is 4.79 Å². The largest absolute Gasteiger partial charge is 0.397 e. The van der Waals surface area contributed by atoms with Gasteiger partial charge in [0.25, 0.3) is 5.91 Å². The van der Waals surface area contributed by atoms with Crippen LogP contribution in [0.5, 0.6) is 0 Å². The van der Waals surface area contributed by atoms with E-state index in [0.717, 1.165) is 37.7 Å². The average Bonchev–Trinajstić information content (AvgIpc) is 2.80. The minimum absolute atomic E-state index is 0.0130. The maximum absolute atomic E-state index is 12.0. The summed E-state index contributed by atoms with van der Waals surface area (Å²) in [6.07, 6.45) is 0. The topological polar surface area (TPSA) is 52.8 Å². The van der Waals surface area contributed by atoms with E-state index < -0.39 is 0 Å². The fraction of sp³-hybridized carbons (Fsp3) is 0.615. The molecule has 1 aromatic rings. The summed E-state index contributed by atoms with van der Waals surface area (Å²) in [5, 5.41) is 1.11. The van der Waals surface area contributed by atoms with Crippen LogP contribution in [0.2, 0.25) is 0 Å². The van der Waals surface area contributed by atoms with Gasteiger partial charge in [0.1, 0.15) is 4.88 Å². The number of thiophene rings is 1. The van der Waals surface area contributed by atoms with Gasteiger partial charge in [-0.05, 0) is 12.6 Å². The van der Waals surface area contributed by atoms with Crippen molar-refractivity contribution < 1.29 is 4.79 Å². The molecular weight excluding hydrogens is 260 g/mol. The van der Waals surface area contributed by atoms with E-state index in [1.54, 1.807) is 19.0 Å². The van der Waals surface area contributed by atoms with Crippen molar-refractivity contribution in [1.82, 2.24) is 9.80 Å². The van der Waals surface area contributed by atoms with E-state index in [4.69, 9.17) is 5.73 Å². The van der Waals surface area contributed by atoms with Gasteiger partial charge < -0.3 is 20.4 Å². The summed E-state index contributed by atoms with van der Waals surface area (Å²) in [6.45, 7) is 7.45. The molecular formula is C13H22N4OS. The van der Waals surface area contributed by atoms with Crippen LogP contribution in [-0.2, 0) is 0 Å². The number of likely N-dealkylation sites (N-methyl/N-ethyl adjacent to an activating group) is 1. The molecule has 1 aromatic heterocycles. The Bertz CT molecular complexity index is 449. The average molecular weight is 282 g/mol. The summed E-state index contributed by atoms with van der Waals surface area (Å²) < 4.78 is 0. The number of carbonyl (C=O) groups is 1. The third-order valence-electron chi connectivity index (χ3n) is 3.48. The third kappa shape index (κ3) is 3.01. The Labute approximate surface area is 118 Å². The number of rotatable bonds is 3. The molecule has 0 saturated carbocycles. The van der Waals surface area contributed by atoms with Crippen LogP contribution in [0, 0.1) is 0 Å². The van der Waals surface area contributed by atoms with E-state index in [0.29, 0.717) is 10.6 Å². The molecule has 0 radical (unpaired) electrons.